The second-order valence-electron chi connectivity index (χ2n) is 9.00. The predicted molar refractivity (Wildman–Crippen MR) is 121 cm³/mol. The zero-order chi connectivity index (χ0) is 22.4. The number of amides is 1. The van der Waals surface area contributed by atoms with Gasteiger partial charge in [0.05, 0.1) is 5.75 Å². The summed E-state index contributed by atoms with van der Waals surface area (Å²) in [5, 5.41) is 9.21. The lowest BCUT2D eigenvalue weighted by Crippen LogP contribution is -2.42. The van der Waals surface area contributed by atoms with E-state index in [4.69, 9.17) is 4.74 Å². The van der Waals surface area contributed by atoms with Gasteiger partial charge in [-0.1, -0.05) is 12.1 Å². The average Bonchev–Trinajstić information content (AvgIpc) is 3.35. The van der Waals surface area contributed by atoms with Crippen LogP contribution in [0.2, 0.25) is 0 Å². The molecule has 30 heavy (non-hydrogen) atoms. The molecule has 0 aromatic heterocycles. The summed E-state index contributed by atoms with van der Waals surface area (Å²) in [6.45, 7) is 6.74. The van der Waals surface area contributed by atoms with Gasteiger partial charge in [-0.25, -0.2) is 13.2 Å². The number of rotatable bonds is 8. The van der Waals surface area contributed by atoms with Crippen molar-refractivity contribution in [2.24, 2.45) is 10.4 Å². The molecular formula is C21H34N4O4S. The van der Waals surface area contributed by atoms with Gasteiger partial charge in [0.1, 0.15) is 15.4 Å². The highest BCUT2D eigenvalue weighted by Gasteiger charge is 2.45. The van der Waals surface area contributed by atoms with E-state index in [2.05, 4.69) is 20.9 Å². The number of aliphatic imine (C=N–C) groups is 1. The largest absolute Gasteiger partial charge is 0.444 e. The highest BCUT2D eigenvalue weighted by Crippen LogP contribution is 2.45. The Hall–Kier alpha value is -2.29. The number of guanidine groups is 1. The van der Waals surface area contributed by atoms with Crippen molar-refractivity contribution in [1.29, 1.82) is 0 Å². The van der Waals surface area contributed by atoms with Gasteiger partial charge in [-0.15, -0.1) is 0 Å². The van der Waals surface area contributed by atoms with Crippen molar-refractivity contribution in [2.45, 2.75) is 45.6 Å². The summed E-state index contributed by atoms with van der Waals surface area (Å²) >= 11 is 0. The molecule has 1 amide bonds. The quantitative estimate of drug-likeness (QED) is 0.425. The molecule has 0 aliphatic heterocycles. The topological polar surface area (TPSA) is 109 Å². The number of ether oxygens (including phenoxy) is 1. The summed E-state index contributed by atoms with van der Waals surface area (Å²) in [6, 6.07) is 7.59. The van der Waals surface area contributed by atoms with Crippen molar-refractivity contribution in [2.75, 3.05) is 37.5 Å². The van der Waals surface area contributed by atoms with Crippen LogP contribution in [0.15, 0.2) is 29.3 Å². The number of hydrogen-bond acceptors (Lipinski definition) is 5. The lowest BCUT2D eigenvalue weighted by molar-refractivity contribution is 0.0636. The molecule has 9 heteroatoms. The monoisotopic (exact) mass is 438 g/mol. The minimum Gasteiger partial charge on any atom is -0.444 e. The fourth-order valence-electron chi connectivity index (χ4n) is 3.10. The molecule has 168 valence electrons. The number of benzene rings is 1. The van der Waals surface area contributed by atoms with Crippen LogP contribution in [-0.4, -0.2) is 58.2 Å². The summed E-state index contributed by atoms with van der Waals surface area (Å²) in [7, 11) is -1.28. The van der Waals surface area contributed by atoms with Crippen molar-refractivity contribution in [1.82, 2.24) is 10.6 Å². The van der Waals surface area contributed by atoms with Crippen LogP contribution in [0.3, 0.4) is 0 Å². The number of hydrogen-bond donors (Lipinski definition) is 3. The Morgan fingerprint density at radius 1 is 1.17 bits per heavy atom. The summed E-state index contributed by atoms with van der Waals surface area (Å²) in [5.41, 5.74) is 1.11. The summed E-state index contributed by atoms with van der Waals surface area (Å²) < 4.78 is 28.4. The minimum absolute atomic E-state index is 0.151. The van der Waals surface area contributed by atoms with Crippen molar-refractivity contribution >= 4 is 27.6 Å². The zero-order valence-corrected chi connectivity index (χ0v) is 19.4. The van der Waals surface area contributed by atoms with Gasteiger partial charge < -0.3 is 15.4 Å². The highest BCUT2D eigenvalue weighted by atomic mass is 32.2. The molecule has 1 saturated carbocycles. The molecule has 0 heterocycles. The van der Waals surface area contributed by atoms with Gasteiger partial charge in [-0.3, -0.25) is 10.3 Å². The van der Waals surface area contributed by atoms with Crippen molar-refractivity contribution in [3.63, 3.8) is 0 Å². The van der Waals surface area contributed by atoms with Gasteiger partial charge in [0, 0.05) is 37.5 Å². The molecule has 0 radical (unpaired) electrons. The molecule has 1 fully saturated rings. The van der Waals surface area contributed by atoms with Crippen LogP contribution >= 0.6 is 0 Å². The zero-order valence-electron chi connectivity index (χ0n) is 18.5. The SMILES string of the molecule is CN=C(NCCc1ccc(NC(=O)OC(C)(C)C)cc1)NCC1(CS(C)(=O)=O)CC1. The molecular weight excluding hydrogens is 404 g/mol. The van der Waals surface area contributed by atoms with Crippen LogP contribution in [0, 0.1) is 5.41 Å². The van der Waals surface area contributed by atoms with Gasteiger partial charge in [-0.2, -0.15) is 0 Å². The van der Waals surface area contributed by atoms with Crippen LogP contribution in [0.4, 0.5) is 10.5 Å². The molecule has 1 aromatic rings. The van der Waals surface area contributed by atoms with E-state index in [1.165, 1.54) is 6.26 Å². The first-order valence-electron chi connectivity index (χ1n) is 10.1. The van der Waals surface area contributed by atoms with E-state index in [1.54, 1.807) is 7.05 Å². The van der Waals surface area contributed by atoms with E-state index in [0.29, 0.717) is 24.7 Å². The second kappa shape index (κ2) is 9.68. The molecule has 1 aliphatic rings. The van der Waals surface area contributed by atoms with E-state index in [1.807, 2.05) is 45.0 Å². The molecule has 3 N–H and O–H groups in total. The first-order valence-corrected chi connectivity index (χ1v) is 12.2. The van der Waals surface area contributed by atoms with E-state index < -0.39 is 21.5 Å². The van der Waals surface area contributed by atoms with Gasteiger partial charge in [0.2, 0.25) is 0 Å². The number of carbonyl (C=O) groups excluding carboxylic acids is 1. The molecule has 0 unspecified atom stereocenters. The maximum atomic E-state index is 11.8. The van der Waals surface area contributed by atoms with Crippen molar-refractivity contribution in [3.8, 4) is 0 Å². The van der Waals surface area contributed by atoms with E-state index >= 15 is 0 Å². The highest BCUT2D eigenvalue weighted by molar-refractivity contribution is 7.90. The maximum absolute atomic E-state index is 11.8. The molecule has 0 bridgehead atoms. The number of carbonyl (C=O) groups is 1. The first kappa shape index (κ1) is 24.0. The Bertz CT molecular complexity index is 854. The van der Waals surface area contributed by atoms with Crippen LogP contribution in [-0.2, 0) is 21.0 Å². The van der Waals surface area contributed by atoms with E-state index in [9.17, 15) is 13.2 Å². The third-order valence-electron chi connectivity index (χ3n) is 4.69. The maximum Gasteiger partial charge on any atom is 0.412 e. The van der Waals surface area contributed by atoms with Crippen LogP contribution in [0.25, 0.3) is 0 Å². The smallest absolute Gasteiger partial charge is 0.412 e. The van der Waals surface area contributed by atoms with Gasteiger partial charge >= 0.3 is 6.09 Å². The third kappa shape index (κ3) is 9.02. The minimum atomic E-state index is -2.98. The fraction of sp³-hybridized carbons (Fsp3) is 0.619. The molecule has 1 aliphatic carbocycles. The number of nitrogens with zero attached hydrogens (tertiary/aromatic N) is 1. The molecule has 0 atom stereocenters. The summed E-state index contributed by atoms with van der Waals surface area (Å²) in [4.78, 5) is 16.0. The van der Waals surface area contributed by atoms with Crippen LogP contribution in [0.1, 0.15) is 39.2 Å². The standard InChI is InChI=1S/C21H34N4O4S/c1-20(2,3)29-19(26)25-17-8-6-16(7-9-17)10-13-23-18(22-4)24-14-21(11-12-21)15-30(5,27)28/h6-9H,10-15H2,1-5H3,(H,25,26)(H2,22,23,24). The second-order valence-corrected chi connectivity index (χ2v) is 11.1. The van der Waals surface area contributed by atoms with Crippen LogP contribution in [0.5, 0.6) is 0 Å². The Balaban J connectivity index is 1.74. The Morgan fingerprint density at radius 2 is 1.80 bits per heavy atom. The average molecular weight is 439 g/mol. The van der Waals surface area contributed by atoms with Gasteiger partial charge in [0.15, 0.2) is 5.96 Å². The van der Waals surface area contributed by atoms with E-state index in [-0.39, 0.29) is 11.2 Å². The van der Waals surface area contributed by atoms with Gasteiger partial charge in [-0.05, 0) is 57.7 Å². The molecule has 0 spiro atoms. The molecule has 1 aromatic carbocycles. The predicted octanol–water partition coefficient (Wildman–Crippen LogP) is 2.57. The molecule has 0 saturated heterocycles. The lowest BCUT2D eigenvalue weighted by atomic mass is 10.1. The lowest BCUT2D eigenvalue weighted by Gasteiger charge is -2.19. The normalized spacial score (nSPS) is 16.0. The summed E-state index contributed by atoms with van der Waals surface area (Å²) in [5.74, 6) is 0.881. The van der Waals surface area contributed by atoms with Gasteiger partial charge in [0.25, 0.3) is 0 Å². The molecule has 2 rings (SSSR count). The Morgan fingerprint density at radius 3 is 2.30 bits per heavy atom. The Kier molecular flexibility index (Phi) is 7.74. The number of sulfone groups is 1. The molecule has 8 nitrogen and oxygen atoms in total. The number of anilines is 1. The van der Waals surface area contributed by atoms with Crippen LogP contribution < -0.4 is 16.0 Å². The third-order valence-corrected chi connectivity index (χ3v) is 5.82. The summed E-state index contributed by atoms with van der Waals surface area (Å²) in [6.07, 6.45) is 3.44. The van der Waals surface area contributed by atoms with Crippen molar-refractivity contribution < 1.29 is 17.9 Å². The Labute approximate surface area is 179 Å². The van der Waals surface area contributed by atoms with Crippen molar-refractivity contribution in [3.05, 3.63) is 29.8 Å². The number of nitrogens with one attached hydrogen (secondary N) is 3. The fourth-order valence-corrected chi connectivity index (χ4v) is 4.60. The van der Waals surface area contributed by atoms with E-state index in [0.717, 1.165) is 24.8 Å². The first-order chi connectivity index (χ1) is 13.9.